The van der Waals surface area contributed by atoms with Crippen LogP contribution in [-0.2, 0) is 4.79 Å². The highest BCUT2D eigenvalue weighted by molar-refractivity contribution is 7.17. The van der Waals surface area contributed by atoms with Crippen LogP contribution in [0.3, 0.4) is 0 Å². The van der Waals surface area contributed by atoms with Crippen molar-refractivity contribution in [2.75, 3.05) is 5.32 Å². The van der Waals surface area contributed by atoms with Gasteiger partial charge in [-0.1, -0.05) is 24.3 Å². The molecule has 0 radical (unpaired) electrons. The van der Waals surface area contributed by atoms with E-state index in [-0.39, 0.29) is 5.91 Å². The summed E-state index contributed by atoms with van der Waals surface area (Å²) in [7, 11) is 0. The van der Waals surface area contributed by atoms with Crippen LogP contribution >= 0.6 is 11.3 Å². The number of hydrogen-bond acceptors (Lipinski definition) is 6. The third kappa shape index (κ3) is 4.18. The van der Waals surface area contributed by atoms with E-state index in [1.54, 1.807) is 30.5 Å². The molecule has 3 rings (SSSR count). The van der Waals surface area contributed by atoms with Gasteiger partial charge < -0.3 is 5.32 Å². The summed E-state index contributed by atoms with van der Waals surface area (Å²) in [5, 5.41) is 12.0. The van der Waals surface area contributed by atoms with Gasteiger partial charge in [0.15, 0.2) is 0 Å². The van der Waals surface area contributed by atoms with Gasteiger partial charge in [0.2, 0.25) is 0 Å². The first-order chi connectivity index (χ1) is 12.7. The predicted octanol–water partition coefficient (Wildman–Crippen LogP) is 2.98. The molecule has 0 spiro atoms. The zero-order valence-electron chi connectivity index (χ0n) is 13.4. The minimum absolute atomic E-state index is 0.308. The van der Waals surface area contributed by atoms with E-state index in [0.29, 0.717) is 26.8 Å². The number of pyridine rings is 1. The summed E-state index contributed by atoms with van der Waals surface area (Å²) in [6.45, 7) is 0. The molecule has 0 aliphatic carbocycles. The van der Waals surface area contributed by atoms with Crippen molar-refractivity contribution in [3.8, 4) is 10.7 Å². The molecule has 3 aromatic rings. The number of hydrogen-bond donors (Lipinski definition) is 3. The second-order valence-electron chi connectivity index (χ2n) is 5.10. The molecule has 7 nitrogen and oxygen atoms in total. The van der Waals surface area contributed by atoms with Crippen molar-refractivity contribution in [3.63, 3.8) is 0 Å². The van der Waals surface area contributed by atoms with Gasteiger partial charge in [-0.05, 0) is 29.8 Å². The van der Waals surface area contributed by atoms with Crippen LogP contribution in [0, 0.1) is 0 Å². The molecule has 2 heterocycles. The first kappa shape index (κ1) is 17.5. The fraction of sp³-hybridized carbons (Fsp3) is 0. The maximum absolute atomic E-state index is 12.5. The maximum atomic E-state index is 12.5. The topological polar surface area (TPSA) is 104 Å². The van der Waals surface area contributed by atoms with E-state index in [4.69, 9.17) is 5.21 Å². The number of nitrogens with zero attached hydrogens (tertiary/aromatic N) is 2. The van der Waals surface area contributed by atoms with Crippen LogP contribution in [0.5, 0.6) is 0 Å². The second-order valence-corrected chi connectivity index (χ2v) is 6.13. The average molecular weight is 366 g/mol. The Morgan fingerprint density at radius 3 is 2.65 bits per heavy atom. The molecular formula is C18H14N4O3S. The van der Waals surface area contributed by atoms with Crippen LogP contribution in [0.2, 0.25) is 0 Å². The number of carbonyl (C=O) groups is 2. The van der Waals surface area contributed by atoms with E-state index in [1.165, 1.54) is 29.1 Å². The summed E-state index contributed by atoms with van der Waals surface area (Å²) < 4.78 is 0. The van der Waals surface area contributed by atoms with Gasteiger partial charge in [0.1, 0.15) is 9.88 Å². The Balaban J connectivity index is 1.78. The van der Waals surface area contributed by atoms with Crippen LogP contribution < -0.4 is 10.8 Å². The molecule has 0 unspecified atom stereocenters. The highest BCUT2D eigenvalue weighted by atomic mass is 32.1. The summed E-state index contributed by atoms with van der Waals surface area (Å²) in [5.74, 6) is -0.967. The average Bonchev–Trinajstić information content (AvgIpc) is 3.18. The molecule has 0 aliphatic rings. The Hall–Kier alpha value is -3.36. The normalized spacial score (nSPS) is 10.7. The third-order valence-electron chi connectivity index (χ3n) is 3.35. The smallest absolute Gasteiger partial charge is 0.267 e. The molecule has 3 N–H and O–H groups in total. The number of benzene rings is 1. The summed E-state index contributed by atoms with van der Waals surface area (Å²) >= 11 is 1.24. The number of carbonyl (C=O) groups excluding carboxylic acids is 2. The number of rotatable bonds is 5. The van der Waals surface area contributed by atoms with Crippen LogP contribution in [0.25, 0.3) is 16.8 Å². The fourth-order valence-corrected chi connectivity index (χ4v) is 2.92. The van der Waals surface area contributed by atoms with Gasteiger partial charge in [-0.25, -0.2) is 10.5 Å². The first-order valence-electron chi connectivity index (χ1n) is 7.57. The van der Waals surface area contributed by atoms with Gasteiger partial charge in [0, 0.05) is 18.0 Å². The van der Waals surface area contributed by atoms with E-state index in [9.17, 15) is 9.59 Å². The van der Waals surface area contributed by atoms with Crippen LogP contribution in [0.15, 0.2) is 60.9 Å². The molecule has 2 aromatic heterocycles. The molecule has 1 aromatic carbocycles. The predicted molar refractivity (Wildman–Crippen MR) is 98.7 cm³/mol. The number of thiazole rings is 1. The van der Waals surface area contributed by atoms with Crippen molar-refractivity contribution in [1.82, 2.24) is 15.4 Å². The molecular weight excluding hydrogens is 352 g/mol. The number of para-hydroxylation sites is 1. The van der Waals surface area contributed by atoms with E-state index in [0.717, 1.165) is 6.08 Å². The Kier molecular flexibility index (Phi) is 5.47. The van der Waals surface area contributed by atoms with Gasteiger partial charge in [-0.15, -0.1) is 11.3 Å². The Morgan fingerprint density at radius 1 is 1.08 bits per heavy atom. The number of nitrogens with one attached hydrogen (secondary N) is 2. The van der Waals surface area contributed by atoms with Crippen molar-refractivity contribution in [2.24, 2.45) is 0 Å². The number of hydroxylamine groups is 1. The van der Waals surface area contributed by atoms with E-state index >= 15 is 0 Å². The molecule has 0 atom stereocenters. The molecule has 0 saturated heterocycles. The van der Waals surface area contributed by atoms with E-state index in [2.05, 4.69) is 15.3 Å². The Bertz CT molecular complexity index is 954. The quantitative estimate of drug-likeness (QED) is 0.366. The van der Waals surface area contributed by atoms with E-state index in [1.807, 2.05) is 18.2 Å². The molecule has 0 saturated carbocycles. The van der Waals surface area contributed by atoms with Gasteiger partial charge in [-0.2, -0.15) is 0 Å². The monoisotopic (exact) mass is 366 g/mol. The van der Waals surface area contributed by atoms with Crippen LogP contribution in [0.1, 0.15) is 15.2 Å². The Morgan fingerprint density at radius 2 is 1.88 bits per heavy atom. The zero-order chi connectivity index (χ0) is 18.4. The molecule has 0 aliphatic heterocycles. The standard InChI is InChI=1S/C18H14N4O3S/c23-16(22-25)9-8-12-5-1-2-6-13(12)21-17(24)15-11-20-18(26-15)14-7-3-4-10-19-14/h1-11,25H,(H,21,24)(H,22,23)/b9-8+. The maximum Gasteiger partial charge on any atom is 0.267 e. The molecule has 26 heavy (non-hydrogen) atoms. The van der Waals surface area contributed by atoms with E-state index < -0.39 is 5.91 Å². The lowest BCUT2D eigenvalue weighted by molar-refractivity contribution is -0.124. The van der Waals surface area contributed by atoms with Crippen molar-refractivity contribution in [2.45, 2.75) is 0 Å². The summed E-state index contributed by atoms with van der Waals surface area (Å²) in [6, 6.07) is 12.5. The number of amides is 2. The lowest BCUT2D eigenvalue weighted by Gasteiger charge is -2.07. The third-order valence-corrected chi connectivity index (χ3v) is 4.37. The van der Waals surface area contributed by atoms with Crippen LogP contribution in [0.4, 0.5) is 5.69 Å². The van der Waals surface area contributed by atoms with Crippen molar-refractivity contribution < 1.29 is 14.8 Å². The molecule has 2 amide bonds. The summed E-state index contributed by atoms with van der Waals surface area (Å²) in [5.41, 5.74) is 3.38. The SMILES string of the molecule is O=C(/C=C/c1ccccc1NC(=O)c1cnc(-c2ccccn2)s1)NO. The number of anilines is 1. The minimum Gasteiger partial charge on any atom is -0.321 e. The van der Waals surface area contributed by atoms with Crippen molar-refractivity contribution >= 4 is 34.9 Å². The summed E-state index contributed by atoms with van der Waals surface area (Å²) in [4.78, 5) is 32.5. The molecule has 0 bridgehead atoms. The molecule has 130 valence electrons. The van der Waals surface area contributed by atoms with Crippen molar-refractivity contribution in [3.05, 3.63) is 71.4 Å². The van der Waals surface area contributed by atoms with Crippen molar-refractivity contribution in [1.29, 1.82) is 0 Å². The number of aromatic nitrogens is 2. The second kappa shape index (κ2) is 8.15. The van der Waals surface area contributed by atoms with Gasteiger partial charge in [0.25, 0.3) is 11.8 Å². The molecule has 0 fully saturated rings. The lowest BCUT2D eigenvalue weighted by atomic mass is 10.1. The minimum atomic E-state index is -0.659. The largest absolute Gasteiger partial charge is 0.321 e. The fourth-order valence-electron chi connectivity index (χ4n) is 2.13. The van der Waals surface area contributed by atoms with Gasteiger partial charge in [0.05, 0.1) is 11.9 Å². The van der Waals surface area contributed by atoms with Gasteiger partial charge in [-0.3, -0.25) is 19.8 Å². The lowest BCUT2D eigenvalue weighted by Crippen LogP contribution is -2.15. The van der Waals surface area contributed by atoms with Crippen LogP contribution in [-0.4, -0.2) is 27.0 Å². The summed E-state index contributed by atoms with van der Waals surface area (Å²) in [6.07, 6.45) is 5.83. The molecule has 8 heteroatoms. The highest BCUT2D eigenvalue weighted by Gasteiger charge is 2.13. The zero-order valence-corrected chi connectivity index (χ0v) is 14.2. The first-order valence-corrected chi connectivity index (χ1v) is 8.39. The Labute approximate surface area is 153 Å². The highest BCUT2D eigenvalue weighted by Crippen LogP contribution is 2.24. The van der Waals surface area contributed by atoms with Gasteiger partial charge >= 0.3 is 0 Å².